The van der Waals surface area contributed by atoms with Crippen molar-refractivity contribution < 1.29 is 18.7 Å². The molecule has 2 heterocycles. The molecule has 6 nitrogen and oxygen atoms in total. The van der Waals surface area contributed by atoms with Gasteiger partial charge < -0.3 is 19.8 Å². The molecule has 1 amide bonds. The molecule has 0 saturated carbocycles. The van der Waals surface area contributed by atoms with Gasteiger partial charge in [-0.2, -0.15) is 0 Å². The average molecular weight is 382 g/mol. The highest BCUT2D eigenvalue weighted by molar-refractivity contribution is 6.05. The SMILES string of the molecule is COc1ccc2c(c1)OCC(CNC(=O)c1cc(=O)[nH]c3cc(F)ccc13)C2. The van der Waals surface area contributed by atoms with E-state index in [1.807, 2.05) is 18.2 Å². The highest BCUT2D eigenvalue weighted by Gasteiger charge is 2.22. The van der Waals surface area contributed by atoms with Crippen LogP contribution in [0.1, 0.15) is 15.9 Å². The first kappa shape index (κ1) is 18.0. The molecule has 0 spiro atoms. The topological polar surface area (TPSA) is 80.4 Å². The number of H-pyrrole nitrogens is 1. The van der Waals surface area contributed by atoms with E-state index >= 15 is 0 Å². The van der Waals surface area contributed by atoms with E-state index in [0.29, 0.717) is 24.1 Å². The van der Waals surface area contributed by atoms with Crippen molar-refractivity contribution in [3.63, 3.8) is 0 Å². The van der Waals surface area contributed by atoms with Crippen LogP contribution >= 0.6 is 0 Å². The largest absolute Gasteiger partial charge is 0.497 e. The number of halogens is 1. The Morgan fingerprint density at radius 3 is 2.96 bits per heavy atom. The molecule has 4 rings (SSSR count). The van der Waals surface area contributed by atoms with Crippen molar-refractivity contribution in [1.29, 1.82) is 0 Å². The number of ether oxygens (including phenoxy) is 2. The molecule has 0 aliphatic carbocycles. The summed E-state index contributed by atoms with van der Waals surface area (Å²) in [6.45, 7) is 0.877. The zero-order valence-electron chi connectivity index (χ0n) is 15.3. The number of carbonyl (C=O) groups is 1. The van der Waals surface area contributed by atoms with E-state index in [0.717, 1.165) is 23.5 Å². The van der Waals surface area contributed by atoms with Gasteiger partial charge in [0, 0.05) is 30.0 Å². The molecular formula is C21H19FN2O4. The first-order valence-corrected chi connectivity index (χ1v) is 8.94. The molecule has 28 heavy (non-hydrogen) atoms. The monoisotopic (exact) mass is 382 g/mol. The summed E-state index contributed by atoms with van der Waals surface area (Å²) in [5.74, 6) is 0.793. The number of methoxy groups -OCH3 is 1. The molecule has 2 aromatic carbocycles. The second-order valence-corrected chi connectivity index (χ2v) is 6.80. The molecule has 1 aliphatic heterocycles. The van der Waals surface area contributed by atoms with Gasteiger partial charge in [-0.1, -0.05) is 6.07 Å². The highest BCUT2D eigenvalue weighted by atomic mass is 19.1. The van der Waals surface area contributed by atoms with Crippen molar-refractivity contribution in [2.75, 3.05) is 20.3 Å². The fraction of sp³-hybridized carbons (Fsp3) is 0.238. The zero-order valence-corrected chi connectivity index (χ0v) is 15.3. The number of aromatic nitrogens is 1. The van der Waals surface area contributed by atoms with Crippen LogP contribution in [0.3, 0.4) is 0 Å². The molecule has 0 saturated heterocycles. The van der Waals surface area contributed by atoms with Gasteiger partial charge in [0.2, 0.25) is 5.56 Å². The first-order valence-electron chi connectivity index (χ1n) is 8.94. The number of pyridine rings is 1. The molecule has 7 heteroatoms. The molecule has 0 fully saturated rings. The maximum atomic E-state index is 13.4. The van der Waals surface area contributed by atoms with Gasteiger partial charge in [0.25, 0.3) is 5.91 Å². The lowest BCUT2D eigenvalue weighted by atomic mass is 9.96. The van der Waals surface area contributed by atoms with Crippen LogP contribution in [0.15, 0.2) is 47.3 Å². The van der Waals surface area contributed by atoms with Crippen molar-refractivity contribution >= 4 is 16.8 Å². The molecule has 1 aromatic heterocycles. The van der Waals surface area contributed by atoms with Gasteiger partial charge in [-0.15, -0.1) is 0 Å². The number of fused-ring (bicyclic) bond motifs is 2. The third-order valence-electron chi connectivity index (χ3n) is 4.86. The molecule has 1 unspecified atom stereocenters. The molecule has 2 N–H and O–H groups in total. The average Bonchev–Trinajstić information content (AvgIpc) is 2.70. The van der Waals surface area contributed by atoms with E-state index in [4.69, 9.17) is 9.47 Å². The van der Waals surface area contributed by atoms with E-state index in [1.54, 1.807) is 7.11 Å². The van der Waals surface area contributed by atoms with Gasteiger partial charge >= 0.3 is 0 Å². The lowest BCUT2D eigenvalue weighted by molar-refractivity contribution is 0.0940. The van der Waals surface area contributed by atoms with E-state index in [1.165, 1.54) is 24.3 Å². The summed E-state index contributed by atoms with van der Waals surface area (Å²) in [5.41, 5.74) is 1.12. The van der Waals surface area contributed by atoms with E-state index in [-0.39, 0.29) is 17.4 Å². The summed E-state index contributed by atoms with van der Waals surface area (Å²) in [6, 6.07) is 10.9. The van der Waals surface area contributed by atoms with Crippen LogP contribution in [-0.4, -0.2) is 31.2 Å². The van der Waals surface area contributed by atoms with Crippen LogP contribution in [0.5, 0.6) is 11.5 Å². The molecule has 1 atom stereocenters. The second-order valence-electron chi connectivity index (χ2n) is 6.80. The Hall–Kier alpha value is -3.35. The van der Waals surface area contributed by atoms with Gasteiger partial charge in [-0.3, -0.25) is 9.59 Å². The van der Waals surface area contributed by atoms with Crippen molar-refractivity contribution in [3.8, 4) is 11.5 Å². The number of rotatable bonds is 4. The molecular weight excluding hydrogens is 363 g/mol. The number of aromatic amines is 1. The molecule has 144 valence electrons. The molecule has 0 radical (unpaired) electrons. The third kappa shape index (κ3) is 3.55. The van der Waals surface area contributed by atoms with Crippen LogP contribution in [0.25, 0.3) is 10.9 Å². The maximum absolute atomic E-state index is 13.4. The highest BCUT2D eigenvalue weighted by Crippen LogP contribution is 2.30. The predicted octanol–water partition coefficient (Wildman–Crippen LogP) is 2.66. The minimum atomic E-state index is -0.477. The summed E-state index contributed by atoms with van der Waals surface area (Å²) in [6.07, 6.45) is 0.765. The Kier molecular flexibility index (Phi) is 4.73. The Balaban J connectivity index is 1.48. The molecule has 1 aliphatic rings. The number of hydrogen-bond acceptors (Lipinski definition) is 4. The van der Waals surface area contributed by atoms with E-state index in [2.05, 4.69) is 10.3 Å². The summed E-state index contributed by atoms with van der Waals surface area (Å²) in [4.78, 5) is 27.0. The normalized spacial score (nSPS) is 15.6. The molecule has 3 aromatic rings. The number of nitrogens with one attached hydrogen (secondary N) is 2. The summed E-state index contributed by atoms with van der Waals surface area (Å²) in [5, 5.41) is 3.36. The lowest BCUT2D eigenvalue weighted by Gasteiger charge is -2.26. The van der Waals surface area contributed by atoms with Crippen molar-refractivity contribution in [1.82, 2.24) is 10.3 Å². The van der Waals surface area contributed by atoms with Crippen LogP contribution in [0.4, 0.5) is 4.39 Å². The second kappa shape index (κ2) is 7.34. The van der Waals surface area contributed by atoms with E-state index in [9.17, 15) is 14.0 Å². The Morgan fingerprint density at radius 2 is 2.14 bits per heavy atom. The van der Waals surface area contributed by atoms with Crippen LogP contribution < -0.4 is 20.3 Å². The van der Waals surface area contributed by atoms with Gasteiger partial charge in [0.15, 0.2) is 0 Å². The zero-order chi connectivity index (χ0) is 19.7. The van der Waals surface area contributed by atoms with Gasteiger partial charge in [-0.25, -0.2) is 4.39 Å². The maximum Gasteiger partial charge on any atom is 0.252 e. The molecule has 0 bridgehead atoms. The Morgan fingerprint density at radius 1 is 1.29 bits per heavy atom. The third-order valence-corrected chi connectivity index (χ3v) is 4.86. The smallest absolute Gasteiger partial charge is 0.252 e. The predicted molar refractivity (Wildman–Crippen MR) is 103 cm³/mol. The van der Waals surface area contributed by atoms with Gasteiger partial charge in [-0.05, 0) is 36.2 Å². The number of amides is 1. The standard InChI is InChI=1S/C21H19FN2O4/c1-27-15-4-2-13-6-12(11-28-19(13)8-15)10-23-21(26)17-9-20(25)24-18-7-14(22)3-5-16(17)18/h2-5,7-9,12H,6,10-11H2,1H3,(H,23,26)(H,24,25). The fourth-order valence-electron chi connectivity index (χ4n) is 3.43. The Bertz CT molecular complexity index is 1110. The van der Waals surface area contributed by atoms with Crippen LogP contribution in [-0.2, 0) is 6.42 Å². The number of carbonyl (C=O) groups excluding carboxylic acids is 1. The number of benzene rings is 2. The van der Waals surface area contributed by atoms with Crippen molar-refractivity contribution in [2.24, 2.45) is 5.92 Å². The minimum absolute atomic E-state index is 0.107. The Labute approximate surface area is 160 Å². The summed E-state index contributed by atoms with van der Waals surface area (Å²) in [7, 11) is 1.61. The lowest BCUT2D eigenvalue weighted by Crippen LogP contribution is -2.35. The summed E-state index contributed by atoms with van der Waals surface area (Å²) < 4.78 is 24.4. The van der Waals surface area contributed by atoms with Crippen LogP contribution in [0, 0.1) is 11.7 Å². The van der Waals surface area contributed by atoms with Crippen molar-refractivity contribution in [2.45, 2.75) is 6.42 Å². The van der Waals surface area contributed by atoms with Gasteiger partial charge in [0.05, 0.1) is 24.8 Å². The van der Waals surface area contributed by atoms with Gasteiger partial charge in [0.1, 0.15) is 17.3 Å². The first-order chi connectivity index (χ1) is 13.5. The fourth-order valence-corrected chi connectivity index (χ4v) is 3.43. The quantitative estimate of drug-likeness (QED) is 0.727. The van der Waals surface area contributed by atoms with Crippen molar-refractivity contribution in [3.05, 3.63) is 69.8 Å². The van der Waals surface area contributed by atoms with E-state index < -0.39 is 11.4 Å². The minimum Gasteiger partial charge on any atom is -0.497 e. The number of hydrogen-bond donors (Lipinski definition) is 2. The summed E-state index contributed by atoms with van der Waals surface area (Å²) >= 11 is 0. The van der Waals surface area contributed by atoms with Crippen LogP contribution in [0.2, 0.25) is 0 Å².